The summed E-state index contributed by atoms with van der Waals surface area (Å²) in [5, 5.41) is 2.79. The number of carbonyl (C=O) groups excluding carboxylic acids is 2. The number of rotatable bonds is 7. The van der Waals surface area contributed by atoms with Crippen molar-refractivity contribution in [1.29, 1.82) is 0 Å². The fourth-order valence-electron chi connectivity index (χ4n) is 1.95. The van der Waals surface area contributed by atoms with Crippen LogP contribution in [0, 0.1) is 0 Å². The molecule has 0 fully saturated rings. The molecular formula is C17H18ClNO3S. The molecule has 0 aliphatic heterocycles. The molecule has 1 amide bonds. The van der Waals surface area contributed by atoms with Crippen molar-refractivity contribution in [2.45, 2.75) is 32.8 Å². The van der Waals surface area contributed by atoms with Crippen LogP contribution in [0.2, 0.25) is 4.34 Å². The van der Waals surface area contributed by atoms with Gasteiger partial charge in [-0.05, 0) is 38.1 Å². The van der Waals surface area contributed by atoms with Crippen molar-refractivity contribution in [2.75, 3.05) is 5.32 Å². The summed E-state index contributed by atoms with van der Waals surface area (Å²) in [7, 11) is 0. The number of halogens is 1. The number of amides is 1. The average molecular weight is 352 g/mol. The van der Waals surface area contributed by atoms with Crippen LogP contribution in [0.5, 0.6) is 5.75 Å². The van der Waals surface area contributed by atoms with E-state index in [1.807, 2.05) is 26.0 Å². The molecule has 122 valence electrons. The van der Waals surface area contributed by atoms with Crippen LogP contribution >= 0.6 is 22.9 Å². The number of thiophene rings is 1. The molecule has 0 aliphatic rings. The Hall–Kier alpha value is -1.85. The summed E-state index contributed by atoms with van der Waals surface area (Å²) in [6, 6.07) is 10.6. The van der Waals surface area contributed by atoms with Crippen LogP contribution in [0.25, 0.3) is 0 Å². The van der Waals surface area contributed by atoms with E-state index >= 15 is 0 Å². The van der Waals surface area contributed by atoms with Gasteiger partial charge < -0.3 is 10.1 Å². The monoisotopic (exact) mass is 351 g/mol. The number of ether oxygens (including phenoxy) is 1. The van der Waals surface area contributed by atoms with E-state index in [0.29, 0.717) is 20.7 Å². The number of ketones is 1. The zero-order valence-corrected chi connectivity index (χ0v) is 14.5. The minimum atomic E-state index is -0.221. The highest BCUT2D eigenvalue weighted by atomic mass is 35.5. The molecule has 0 unspecified atom stereocenters. The topological polar surface area (TPSA) is 55.4 Å². The van der Waals surface area contributed by atoms with E-state index in [4.69, 9.17) is 16.3 Å². The minimum absolute atomic E-state index is 0.0122. The normalized spacial score (nSPS) is 10.6. The van der Waals surface area contributed by atoms with E-state index in [9.17, 15) is 9.59 Å². The SMILES string of the molecule is CC(C)Oc1ccccc1NC(=O)CCC(=O)c1ccc(Cl)s1. The molecule has 2 rings (SSSR count). The molecule has 2 aromatic rings. The zero-order chi connectivity index (χ0) is 16.8. The van der Waals surface area contributed by atoms with Gasteiger partial charge in [-0.1, -0.05) is 23.7 Å². The Morgan fingerprint density at radius 2 is 1.91 bits per heavy atom. The van der Waals surface area contributed by atoms with Gasteiger partial charge in [-0.2, -0.15) is 0 Å². The Balaban J connectivity index is 1.91. The van der Waals surface area contributed by atoms with Gasteiger partial charge in [0.2, 0.25) is 5.91 Å². The lowest BCUT2D eigenvalue weighted by molar-refractivity contribution is -0.116. The molecule has 0 saturated heterocycles. The third kappa shape index (κ3) is 5.37. The van der Waals surface area contributed by atoms with Gasteiger partial charge in [0.15, 0.2) is 5.78 Å². The van der Waals surface area contributed by atoms with Crippen molar-refractivity contribution < 1.29 is 14.3 Å². The zero-order valence-electron chi connectivity index (χ0n) is 13.0. The molecule has 1 heterocycles. The number of hydrogen-bond donors (Lipinski definition) is 1. The molecule has 0 aliphatic carbocycles. The maximum absolute atomic E-state index is 12.0. The van der Waals surface area contributed by atoms with Crippen LogP contribution < -0.4 is 10.1 Å². The van der Waals surface area contributed by atoms with E-state index in [-0.39, 0.29) is 30.6 Å². The number of carbonyl (C=O) groups is 2. The number of anilines is 1. The van der Waals surface area contributed by atoms with E-state index < -0.39 is 0 Å². The molecule has 0 radical (unpaired) electrons. The third-order valence-electron chi connectivity index (χ3n) is 2.95. The van der Waals surface area contributed by atoms with Gasteiger partial charge in [-0.25, -0.2) is 0 Å². The van der Waals surface area contributed by atoms with Crippen molar-refractivity contribution in [3.63, 3.8) is 0 Å². The molecule has 1 aromatic carbocycles. The largest absolute Gasteiger partial charge is 0.489 e. The molecule has 4 nitrogen and oxygen atoms in total. The molecule has 0 saturated carbocycles. The molecular weight excluding hydrogens is 334 g/mol. The number of benzene rings is 1. The van der Waals surface area contributed by atoms with Crippen LogP contribution in [0.3, 0.4) is 0 Å². The Labute approximate surface area is 144 Å². The molecule has 1 aromatic heterocycles. The van der Waals surface area contributed by atoms with Gasteiger partial charge in [-0.15, -0.1) is 11.3 Å². The van der Waals surface area contributed by atoms with Crippen molar-refractivity contribution >= 4 is 40.3 Å². The van der Waals surface area contributed by atoms with Gasteiger partial charge in [-0.3, -0.25) is 9.59 Å². The maximum atomic E-state index is 12.0. The maximum Gasteiger partial charge on any atom is 0.224 e. The Bertz CT molecular complexity index is 697. The first-order chi connectivity index (χ1) is 11.0. The fourth-order valence-corrected chi connectivity index (χ4v) is 2.96. The van der Waals surface area contributed by atoms with Gasteiger partial charge in [0.1, 0.15) is 5.75 Å². The first-order valence-corrected chi connectivity index (χ1v) is 8.49. The van der Waals surface area contributed by atoms with Crippen molar-refractivity contribution in [2.24, 2.45) is 0 Å². The summed E-state index contributed by atoms with van der Waals surface area (Å²) in [4.78, 5) is 24.6. The lowest BCUT2D eigenvalue weighted by Crippen LogP contribution is -2.15. The smallest absolute Gasteiger partial charge is 0.224 e. The van der Waals surface area contributed by atoms with Crippen molar-refractivity contribution in [3.8, 4) is 5.75 Å². The molecule has 23 heavy (non-hydrogen) atoms. The second-order valence-corrected chi connectivity index (χ2v) is 6.95. The number of hydrogen-bond acceptors (Lipinski definition) is 4. The van der Waals surface area contributed by atoms with Crippen molar-refractivity contribution in [1.82, 2.24) is 0 Å². The highest BCUT2D eigenvalue weighted by Gasteiger charge is 2.13. The molecule has 6 heteroatoms. The molecule has 1 N–H and O–H groups in total. The second kappa shape index (κ2) is 8.13. The fraction of sp³-hybridized carbons (Fsp3) is 0.294. The standard InChI is InChI=1S/C17H18ClNO3S/c1-11(2)22-14-6-4-3-5-12(14)19-17(21)10-7-13(20)15-8-9-16(18)23-15/h3-6,8-9,11H,7,10H2,1-2H3,(H,19,21). The van der Waals surface area contributed by atoms with Gasteiger partial charge in [0.25, 0.3) is 0 Å². The number of nitrogens with one attached hydrogen (secondary N) is 1. The van der Waals surface area contributed by atoms with Crippen LogP contribution in [0.15, 0.2) is 36.4 Å². The van der Waals surface area contributed by atoms with Gasteiger partial charge >= 0.3 is 0 Å². The van der Waals surface area contributed by atoms with Crippen molar-refractivity contribution in [3.05, 3.63) is 45.6 Å². The van der Waals surface area contributed by atoms with E-state index in [1.165, 1.54) is 11.3 Å². The van der Waals surface area contributed by atoms with Crippen LogP contribution in [-0.4, -0.2) is 17.8 Å². The molecule has 0 spiro atoms. The van der Waals surface area contributed by atoms with Gasteiger partial charge in [0, 0.05) is 12.8 Å². The number of Topliss-reactive ketones (excluding diaryl/α,β-unsaturated/α-hetero) is 1. The summed E-state index contributed by atoms with van der Waals surface area (Å²) < 4.78 is 6.22. The van der Waals surface area contributed by atoms with E-state index in [1.54, 1.807) is 24.3 Å². The highest BCUT2D eigenvalue weighted by Crippen LogP contribution is 2.26. The Morgan fingerprint density at radius 3 is 2.57 bits per heavy atom. The van der Waals surface area contributed by atoms with Crippen LogP contribution in [0.1, 0.15) is 36.4 Å². The average Bonchev–Trinajstić information content (AvgIpc) is 2.93. The summed E-state index contributed by atoms with van der Waals surface area (Å²) in [5.41, 5.74) is 0.609. The Kier molecular flexibility index (Phi) is 6.19. The molecule has 0 bridgehead atoms. The Morgan fingerprint density at radius 1 is 1.17 bits per heavy atom. The molecule has 0 atom stereocenters. The minimum Gasteiger partial charge on any atom is -0.489 e. The highest BCUT2D eigenvalue weighted by molar-refractivity contribution is 7.18. The first-order valence-electron chi connectivity index (χ1n) is 7.30. The number of para-hydroxylation sites is 2. The third-order valence-corrected chi connectivity index (χ3v) is 4.22. The summed E-state index contributed by atoms with van der Waals surface area (Å²) in [6.45, 7) is 3.84. The van der Waals surface area contributed by atoms with Crippen LogP contribution in [-0.2, 0) is 4.79 Å². The summed E-state index contributed by atoms with van der Waals surface area (Å²) in [5.74, 6) is 0.316. The predicted octanol–water partition coefficient (Wildman–Crippen LogP) is 4.79. The lowest BCUT2D eigenvalue weighted by atomic mass is 10.2. The van der Waals surface area contributed by atoms with Gasteiger partial charge in [0.05, 0.1) is 21.0 Å². The van der Waals surface area contributed by atoms with E-state index in [2.05, 4.69) is 5.32 Å². The summed E-state index contributed by atoms with van der Waals surface area (Å²) >= 11 is 7.03. The second-order valence-electron chi connectivity index (χ2n) is 5.24. The summed E-state index contributed by atoms with van der Waals surface area (Å²) in [6.07, 6.45) is 0.276. The van der Waals surface area contributed by atoms with Crippen LogP contribution in [0.4, 0.5) is 5.69 Å². The lowest BCUT2D eigenvalue weighted by Gasteiger charge is -2.14. The predicted molar refractivity (Wildman–Crippen MR) is 93.7 cm³/mol. The quantitative estimate of drug-likeness (QED) is 0.729. The van der Waals surface area contributed by atoms with E-state index in [0.717, 1.165) is 0 Å². The first kappa shape index (κ1) is 17.5.